The Kier molecular flexibility index (Phi) is 5.82. The molecule has 33 heavy (non-hydrogen) atoms. The van der Waals surface area contributed by atoms with Gasteiger partial charge in [-0.3, -0.25) is 13.8 Å². The van der Waals surface area contributed by atoms with E-state index in [0.29, 0.717) is 17.1 Å². The quantitative estimate of drug-likeness (QED) is 0.573. The topological polar surface area (TPSA) is 75.5 Å². The molecule has 2 heterocycles. The smallest absolute Gasteiger partial charge is 0.268 e. The van der Waals surface area contributed by atoms with Gasteiger partial charge < -0.3 is 4.90 Å². The van der Waals surface area contributed by atoms with E-state index in [1.54, 1.807) is 42.6 Å². The maximum Gasteiger partial charge on any atom is 0.268 e. The lowest BCUT2D eigenvalue weighted by atomic mass is 10.1. The minimum Gasteiger partial charge on any atom is -0.307 e. The van der Waals surface area contributed by atoms with E-state index >= 15 is 0 Å². The maximum absolute atomic E-state index is 14.0. The molecule has 0 saturated heterocycles. The molecule has 1 amide bonds. The highest BCUT2D eigenvalue weighted by Gasteiger charge is 2.36. The average Bonchev–Trinajstić information content (AvgIpc) is 3.19. The van der Waals surface area contributed by atoms with Crippen LogP contribution in [0.25, 0.3) is 0 Å². The summed E-state index contributed by atoms with van der Waals surface area (Å²) in [5.74, 6) is -0.255. The maximum atomic E-state index is 14.0. The van der Waals surface area contributed by atoms with Gasteiger partial charge in [0, 0.05) is 18.8 Å². The molecule has 0 radical (unpaired) electrons. The minimum absolute atomic E-state index is 0.0411. The Labute approximate surface area is 195 Å². The number of aromatic nitrogens is 2. The number of anilines is 2. The monoisotopic (exact) mass is 466 g/mol. The van der Waals surface area contributed by atoms with Crippen LogP contribution in [0, 0.1) is 27.7 Å². The van der Waals surface area contributed by atoms with Gasteiger partial charge in [0.25, 0.3) is 10.0 Å². The number of carbonyl (C=O) groups excluding carboxylic acids is 1. The van der Waals surface area contributed by atoms with Gasteiger partial charge in [0.1, 0.15) is 11.4 Å². The van der Waals surface area contributed by atoms with E-state index < -0.39 is 10.0 Å². The van der Waals surface area contributed by atoms with Crippen molar-refractivity contribution in [3.8, 4) is 0 Å². The van der Waals surface area contributed by atoms with Crippen LogP contribution in [-0.2, 0) is 28.3 Å². The van der Waals surface area contributed by atoms with Gasteiger partial charge in [-0.05, 0) is 75.9 Å². The van der Waals surface area contributed by atoms with Crippen LogP contribution < -0.4 is 9.21 Å². The molecule has 0 saturated carbocycles. The van der Waals surface area contributed by atoms with Crippen LogP contribution in [0.15, 0.2) is 47.4 Å². The van der Waals surface area contributed by atoms with Crippen LogP contribution in [0.1, 0.15) is 35.0 Å². The molecule has 2 aromatic carbocycles. The summed E-state index contributed by atoms with van der Waals surface area (Å²) in [5.41, 5.74) is 5.23. The van der Waals surface area contributed by atoms with E-state index in [-0.39, 0.29) is 23.4 Å². The second kappa shape index (κ2) is 8.33. The lowest BCUT2D eigenvalue weighted by molar-refractivity contribution is -0.117. The first-order valence-corrected chi connectivity index (χ1v) is 12.5. The van der Waals surface area contributed by atoms with Crippen LogP contribution in [0.5, 0.6) is 0 Å². The lowest BCUT2D eigenvalue weighted by Gasteiger charge is -2.29. The van der Waals surface area contributed by atoms with Crippen molar-refractivity contribution in [2.24, 2.45) is 7.05 Å². The largest absolute Gasteiger partial charge is 0.307 e. The Morgan fingerprint density at radius 1 is 1.09 bits per heavy atom. The molecular weight excluding hydrogens is 436 g/mol. The fraction of sp³-hybridized carbons (Fsp3) is 0.360. The number of hydrogen-bond acceptors (Lipinski definition) is 4. The Bertz CT molecular complexity index is 1320. The molecule has 0 fully saturated rings. The fourth-order valence-electron chi connectivity index (χ4n) is 4.79. The van der Waals surface area contributed by atoms with E-state index in [0.717, 1.165) is 28.8 Å². The Hall–Kier alpha value is -3.13. The number of rotatable bonds is 5. The van der Waals surface area contributed by atoms with Crippen LogP contribution in [-0.4, -0.2) is 36.7 Å². The third-order valence-corrected chi connectivity index (χ3v) is 8.27. The summed E-state index contributed by atoms with van der Waals surface area (Å²) in [5, 5.41) is 4.30. The molecule has 0 N–H and O–H groups in total. The van der Waals surface area contributed by atoms with E-state index in [4.69, 9.17) is 0 Å². The number of para-hydroxylation sites is 1. The molecule has 174 valence electrons. The molecule has 1 aromatic heterocycles. The Morgan fingerprint density at radius 2 is 1.73 bits per heavy atom. The van der Waals surface area contributed by atoms with Crippen molar-refractivity contribution >= 4 is 27.3 Å². The lowest BCUT2D eigenvalue weighted by Crippen LogP contribution is -2.45. The second-order valence-corrected chi connectivity index (χ2v) is 10.7. The molecule has 3 aromatic rings. The average molecular weight is 467 g/mol. The molecule has 0 bridgehead atoms. The van der Waals surface area contributed by atoms with Crippen molar-refractivity contribution in [2.45, 2.75) is 52.0 Å². The molecular formula is C25H30N4O3S. The molecule has 1 atom stereocenters. The van der Waals surface area contributed by atoms with Gasteiger partial charge >= 0.3 is 0 Å². The number of hydrogen-bond donors (Lipinski definition) is 0. The molecule has 0 aliphatic carbocycles. The highest BCUT2D eigenvalue weighted by Crippen LogP contribution is 2.34. The first kappa shape index (κ1) is 23.0. The standard InChI is InChI=1S/C25H30N4O3S/c1-16-11-17(2)13-22(12-16)28(33(31,32)25-19(4)26-27(6)20(25)5)15-24(30)29-18(3)14-21-9-7-8-10-23(21)29/h7-13,18H,14-15H2,1-6H3/t18-/m1/s1. The summed E-state index contributed by atoms with van der Waals surface area (Å²) in [6.45, 7) is 8.94. The molecule has 0 unspecified atom stereocenters. The van der Waals surface area contributed by atoms with Gasteiger partial charge in [0.15, 0.2) is 0 Å². The fourth-order valence-corrected chi connectivity index (χ4v) is 6.60. The van der Waals surface area contributed by atoms with Crippen molar-refractivity contribution in [1.29, 1.82) is 0 Å². The highest BCUT2D eigenvalue weighted by atomic mass is 32.2. The van der Waals surface area contributed by atoms with E-state index in [1.807, 2.05) is 51.1 Å². The van der Waals surface area contributed by atoms with Crippen LogP contribution >= 0.6 is 0 Å². The van der Waals surface area contributed by atoms with E-state index in [2.05, 4.69) is 5.10 Å². The van der Waals surface area contributed by atoms with Crippen molar-refractivity contribution in [1.82, 2.24) is 9.78 Å². The SMILES string of the molecule is Cc1cc(C)cc(N(CC(=O)N2c3ccccc3C[C@H]2C)S(=O)(=O)c2c(C)nn(C)c2C)c1. The van der Waals surface area contributed by atoms with Crippen LogP contribution in [0.4, 0.5) is 11.4 Å². The van der Waals surface area contributed by atoms with E-state index in [9.17, 15) is 13.2 Å². The van der Waals surface area contributed by atoms with Crippen molar-refractivity contribution in [3.63, 3.8) is 0 Å². The number of benzene rings is 2. The van der Waals surface area contributed by atoms with Crippen LogP contribution in [0.3, 0.4) is 0 Å². The second-order valence-electron chi connectivity index (χ2n) is 8.93. The zero-order valence-corrected chi connectivity index (χ0v) is 20.8. The van der Waals surface area contributed by atoms with Gasteiger partial charge in [-0.15, -0.1) is 0 Å². The summed E-state index contributed by atoms with van der Waals surface area (Å²) in [6.07, 6.45) is 0.749. The Balaban J connectivity index is 1.81. The third kappa shape index (κ3) is 4.04. The Morgan fingerprint density at radius 3 is 2.33 bits per heavy atom. The zero-order chi connectivity index (χ0) is 24.1. The number of sulfonamides is 1. The van der Waals surface area contributed by atoms with Crippen molar-refractivity contribution < 1.29 is 13.2 Å². The summed E-state index contributed by atoms with van der Waals surface area (Å²) < 4.78 is 30.8. The molecule has 1 aliphatic rings. The summed E-state index contributed by atoms with van der Waals surface area (Å²) in [4.78, 5) is 15.5. The van der Waals surface area contributed by atoms with Gasteiger partial charge in [0.05, 0.1) is 17.1 Å². The predicted molar refractivity (Wildman–Crippen MR) is 130 cm³/mol. The summed E-state index contributed by atoms with van der Waals surface area (Å²) in [7, 11) is -2.33. The van der Waals surface area contributed by atoms with Gasteiger partial charge in [-0.25, -0.2) is 8.42 Å². The number of fused-ring (bicyclic) bond motifs is 1. The molecule has 0 spiro atoms. The zero-order valence-electron chi connectivity index (χ0n) is 20.0. The van der Waals surface area contributed by atoms with Gasteiger partial charge in [0.2, 0.25) is 5.91 Å². The predicted octanol–water partition coefficient (Wildman–Crippen LogP) is 3.83. The first-order valence-electron chi connectivity index (χ1n) is 11.0. The number of nitrogens with zero attached hydrogens (tertiary/aromatic N) is 4. The first-order chi connectivity index (χ1) is 15.5. The number of aryl methyl sites for hydroxylation is 4. The molecule has 4 rings (SSSR count). The minimum atomic E-state index is -4.05. The van der Waals surface area contributed by atoms with Gasteiger partial charge in [-0.2, -0.15) is 5.10 Å². The normalized spacial score (nSPS) is 15.6. The molecule has 1 aliphatic heterocycles. The van der Waals surface area contributed by atoms with E-state index in [1.165, 1.54) is 4.31 Å². The highest BCUT2D eigenvalue weighted by molar-refractivity contribution is 7.93. The summed E-state index contributed by atoms with van der Waals surface area (Å²) in [6, 6.07) is 13.3. The summed E-state index contributed by atoms with van der Waals surface area (Å²) >= 11 is 0. The third-order valence-electron chi connectivity index (χ3n) is 6.24. The van der Waals surface area contributed by atoms with Crippen molar-refractivity contribution in [3.05, 3.63) is 70.5 Å². The molecule has 7 nitrogen and oxygen atoms in total. The number of amides is 1. The van der Waals surface area contributed by atoms with Crippen molar-refractivity contribution in [2.75, 3.05) is 15.7 Å². The van der Waals surface area contributed by atoms with Crippen LogP contribution in [0.2, 0.25) is 0 Å². The number of carbonyl (C=O) groups is 1. The molecule has 8 heteroatoms. The van der Waals surface area contributed by atoms with Gasteiger partial charge in [-0.1, -0.05) is 24.3 Å².